The summed E-state index contributed by atoms with van der Waals surface area (Å²) in [4.78, 5) is 8.13. The van der Waals surface area contributed by atoms with E-state index in [1.807, 2.05) is 43.3 Å². The van der Waals surface area contributed by atoms with Gasteiger partial charge in [0, 0.05) is 31.6 Å². The lowest BCUT2D eigenvalue weighted by molar-refractivity contribution is 1.02. The summed E-state index contributed by atoms with van der Waals surface area (Å²) in [5.41, 5.74) is 4.30. The topological polar surface area (TPSA) is 28.7 Å². The number of hydrogen-bond donors (Lipinski definition) is 1. The molecule has 0 amide bonds. The van der Waals surface area contributed by atoms with E-state index in [2.05, 4.69) is 42.9 Å². The van der Waals surface area contributed by atoms with Crippen LogP contribution < -0.4 is 0 Å². The van der Waals surface area contributed by atoms with Crippen LogP contribution in [-0.2, 0) is 6.42 Å². The van der Waals surface area contributed by atoms with Gasteiger partial charge in [-0.05, 0) is 36.8 Å². The molecular formula is C17H13Br2ClN2. The first-order valence-corrected chi connectivity index (χ1v) is 8.74. The quantitative estimate of drug-likeness (QED) is 0.520. The van der Waals surface area contributed by atoms with Gasteiger partial charge >= 0.3 is 0 Å². The molecule has 0 bridgehead atoms. The molecule has 3 aromatic rings. The Morgan fingerprint density at radius 3 is 2.50 bits per heavy atom. The molecule has 22 heavy (non-hydrogen) atoms. The predicted octanol–water partition coefficient (Wildman–Crippen LogP) is 6.15. The largest absolute Gasteiger partial charge is 0.345 e. The lowest BCUT2D eigenvalue weighted by Crippen LogP contribution is -1.90. The van der Waals surface area contributed by atoms with E-state index in [-0.39, 0.29) is 0 Å². The molecule has 0 unspecified atom stereocenters. The monoisotopic (exact) mass is 438 g/mol. The van der Waals surface area contributed by atoms with Crippen molar-refractivity contribution < 1.29 is 0 Å². The molecule has 0 saturated carbocycles. The number of aryl methyl sites for hydroxylation is 1. The number of imidazole rings is 1. The highest BCUT2D eigenvalue weighted by atomic mass is 79.9. The summed E-state index contributed by atoms with van der Waals surface area (Å²) in [5, 5.41) is 0.749. The molecule has 3 rings (SSSR count). The fraction of sp³-hybridized carbons (Fsp3) is 0.118. The third-order valence-corrected chi connectivity index (χ3v) is 4.81. The van der Waals surface area contributed by atoms with Crippen LogP contribution in [0.5, 0.6) is 0 Å². The number of H-pyrrole nitrogens is 1. The van der Waals surface area contributed by atoms with Gasteiger partial charge in [-0.2, -0.15) is 0 Å². The van der Waals surface area contributed by atoms with Gasteiger partial charge in [-0.3, -0.25) is 0 Å². The van der Waals surface area contributed by atoms with E-state index in [0.717, 1.165) is 43.2 Å². The fourth-order valence-corrected chi connectivity index (χ4v) is 3.71. The zero-order valence-corrected chi connectivity index (χ0v) is 15.8. The van der Waals surface area contributed by atoms with E-state index in [9.17, 15) is 0 Å². The standard InChI is InChI=1S/C17H13Br2ClN2/c1-10-17(14-7-4-12(18)9-15(14)19)22-16(21-10)8-11-2-5-13(20)6-3-11/h2-7,9H,8H2,1H3,(H,21,22). The molecule has 0 spiro atoms. The van der Waals surface area contributed by atoms with Gasteiger partial charge in [-0.1, -0.05) is 61.7 Å². The molecule has 1 aromatic heterocycles. The molecule has 0 atom stereocenters. The molecular weight excluding hydrogens is 427 g/mol. The van der Waals surface area contributed by atoms with E-state index in [1.54, 1.807) is 0 Å². The first-order valence-electron chi connectivity index (χ1n) is 6.78. The van der Waals surface area contributed by atoms with Crippen LogP contribution in [0, 0.1) is 6.92 Å². The summed E-state index contributed by atoms with van der Waals surface area (Å²) in [6.07, 6.45) is 0.756. The Balaban J connectivity index is 1.92. The van der Waals surface area contributed by atoms with Gasteiger partial charge in [0.1, 0.15) is 5.82 Å². The van der Waals surface area contributed by atoms with E-state index in [1.165, 1.54) is 5.56 Å². The summed E-state index contributed by atoms with van der Waals surface area (Å²) in [7, 11) is 0. The van der Waals surface area contributed by atoms with E-state index >= 15 is 0 Å². The van der Waals surface area contributed by atoms with Crippen molar-refractivity contribution in [1.29, 1.82) is 0 Å². The number of halogens is 3. The van der Waals surface area contributed by atoms with Gasteiger partial charge in [0.15, 0.2) is 0 Å². The van der Waals surface area contributed by atoms with Crippen molar-refractivity contribution in [3.8, 4) is 11.3 Å². The van der Waals surface area contributed by atoms with Crippen LogP contribution in [0.25, 0.3) is 11.3 Å². The average Bonchev–Trinajstić information content (AvgIpc) is 2.82. The fourth-order valence-electron chi connectivity index (χ4n) is 2.35. The van der Waals surface area contributed by atoms with Crippen molar-refractivity contribution >= 4 is 43.5 Å². The van der Waals surface area contributed by atoms with Crippen molar-refractivity contribution in [1.82, 2.24) is 9.97 Å². The minimum absolute atomic E-state index is 0.749. The van der Waals surface area contributed by atoms with Crippen LogP contribution in [0.3, 0.4) is 0 Å². The Bertz CT molecular complexity index is 810. The summed E-state index contributed by atoms with van der Waals surface area (Å²) >= 11 is 13.0. The van der Waals surface area contributed by atoms with Gasteiger partial charge in [-0.15, -0.1) is 0 Å². The minimum atomic E-state index is 0.749. The lowest BCUT2D eigenvalue weighted by Gasteiger charge is -2.03. The maximum Gasteiger partial charge on any atom is 0.111 e. The van der Waals surface area contributed by atoms with Gasteiger partial charge in [-0.25, -0.2) is 4.98 Å². The minimum Gasteiger partial charge on any atom is -0.345 e. The highest BCUT2D eigenvalue weighted by molar-refractivity contribution is 9.11. The van der Waals surface area contributed by atoms with Crippen LogP contribution in [0.4, 0.5) is 0 Å². The van der Waals surface area contributed by atoms with Crippen molar-refractivity contribution in [2.75, 3.05) is 0 Å². The Labute approximate surface area is 151 Å². The normalized spacial score (nSPS) is 10.9. The molecule has 2 aromatic carbocycles. The van der Waals surface area contributed by atoms with E-state index in [4.69, 9.17) is 16.6 Å². The lowest BCUT2D eigenvalue weighted by atomic mass is 10.1. The van der Waals surface area contributed by atoms with Gasteiger partial charge in [0.2, 0.25) is 0 Å². The third kappa shape index (κ3) is 3.45. The molecule has 1 N–H and O–H groups in total. The second-order valence-corrected chi connectivity index (χ2v) is 7.29. The molecule has 0 aliphatic carbocycles. The Morgan fingerprint density at radius 2 is 1.82 bits per heavy atom. The summed E-state index contributed by atoms with van der Waals surface area (Å²) < 4.78 is 2.06. The van der Waals surface area contributed by atoms with Crippen molar-refractivity contribution in [2.24, 2.45) is 0 Å². The van der Waals surface area contributed by atoms with Crippen LogP contribution in [0.1, 0.15) is 17.1 Å². The third-order valence-electron chi connectivity index (χ3n) is 3.40. The van der Waals surface area contributed by atoms with Gasteiger partial charge in [0.05, 0.1) is 5.69 Å². The Kier molecular flexibility index (Phi) is 4.71. The Hall–Kier alpha value is -1.10. The smallest absolute Gasteiger partial charge is 0.111 e. The molecule has 0 aliphatic rings. The van der Waals surface area contributed by atoms with Crippen molar-refractivity contribution in [3.63, 3.8) is 0 Å². The number of benzene rings is 2. The van der Waals surface area contributed by atoms with Crippen LogP contribution in [-0.4, -0.2) is 9.97 Å². The maximum atomic E-state index is 5.92. The number of nitrogens with zero attached hydrogens (tertiary/aromatic N) is 1. The molecule has 0 aliphatic heterocycles. The Morgan fingerprint density at radius 1 is 1.09 bits per heavy atom. The molecule has 0 radical (unpaired) electrons. The van der Waals surface area contributed by atoms with Gasteiger partial charge < -0.3 is 4.98 Å². The molecule has 0 saturated heterocycles. The van der Waals surface area contributed by atoms with Crippen molar-refractivity contribution in [2.45, 2.75) is 13.3 Å². The van der Waals surface area contributed by atoms with Gasteiger partial charge in [0.25, 0.3) is 0 Å². The molecule has 112 valence electrons. The average molecular weight is 441 g/mol. The van der Waals surface area contributed by atoms with E-state index in [0.29, 0.717) is 0 Å². The number of aromatic amines is 1. The second-order valence-electron chi connectivity index (χ2n) is 5.08. The zero-order chi connectivity index (χ0) is 15.7. The highest BCUT2D eigenvalue weighted by Crippen LogP contribution is 2.31. The zero-order valence-electron chi connectivity index (χ0n) is 11.8. The highest BCUT2D eigenvalue weighted by Gasteiger charge is 2.12. The summed E-state index contributed by atoms with van der Waals surface area (Å²) in [5.74, 6) is 0.949. The first-order chi connectivity index (χ1) is 10.5. The van der Waals surface area contributed by atoms with Crippen molar-refractivity contribution in [3.05, 3.63) is 73.5 Å². The van der Waals surface area contributed by atoms with Crippen LogP contribution in [0.15, 0.2) is 51.4 Å². The molecule has 1 heterocycles. The number of aromatic nitrogens is 2. The predicted molar refractivity (Wildman–Crippen MR) is 98.4 cm³/mol. The number of hydrogen-bond acceptors (Lipinski definition) is 1. The molecule has 0 fully saturated rings. The molecule has 5 heteroatoms. The SMILES string of the molecule is Cc1[nH]c(Cc2ccc(Cl)cc2)nc1-c1ccc(Br)cc1Br. The summed E-state index contributed by atoms with van der Waals surface area (Å²) in [6.45, 7) is 2.04. The number of nitrogens with one attached hydrogen (secondary N) is 1. The number of rotatable bonds is 3. The first kappa shape index (κ1) is 15.8. The van der Waals surface area contributed by atoms with E-state index < -0.39 is 0 Å². The summed E-state index contributed by atoms with van der Waals surface area (Å²) in [6, 6.07) is 14.0. The maximum absolute atomic E-state index is 5.92. The second kappa shape index (κ2) is 6.57. The molecule has 2 nitrogen and oxygen atoms in total. The van der Waals surface area contributed by atoms with Crippen LogP contribution >= 0.6 is 43.5 Å². The van der Waals surface area contributed by atoms with Crippen LogP contribution in [0.2, 0.25) is 5.02 Å².